The lowest BCUT2D eigenvalue weighted by Crippen LogP contribution is -2.07. The Kier molecular flexibility index (Phi) is 5.09. The van der Waals surface area contributed by atoms with Gasteiger partial charge in [0, 0.05) is 25.5 Å². The molecule has 6 heteroatoms. The van der Waals surface area contributed by atoms with E-state index in [1.54, 1.807) is 30.6 Å². The fourth-order valence-corrected chi connectivity index (χ4v) is 1.98. The maximum absolute atomic E-state index is 11.3. The van der Waals surface area contributed by atoms with Gasteiger partial charge in [-0.25, -0.2) is 0 Å². The van der Waals surface area contributed by atoms with E-state index in [0.717, 1.165) is 12.0 Å². The molecule has 0 fully saturated rings. The zero-order valence-corrected chi connectivity index (χ0v) is 11.9. The second-order valence-electron chi connectivity index (χ2n) is 4.59. The fourth-order valence-electron chi connectivity index (χ4n) is 1.98. The Balaban J connectivity index is 2.20. The maximum Gasteiger partial charge on any atom is 0.315 e. The number of hydrogen-bond donors (Lipinski definition) is 2. The summed E-state index contributed by atoms with van der Waals surface area (Å²) in [4.78, 5) is 14.9. The lowest BCUT2D eigenvalue weighted by Gasteiger charge is -2.11. The van der Waals surface area contributed by atoms with Gasteiger partial charge in [0.2, 0.25) is 0 Å². The maximum atomic E-state index is 11.3. The van der Waals surface area contributed by atoms with Crippen molar-refractivity contribution in [3.05, 3.63) is 58.4 Å². The van der Waals surface area contributed by atoms with Crippen molar-refractivity contribution in [3.63, 3.8) is 0 Å². The van der Waals surface area contributed by atoms with Crippen LogP contribution in [0.4, 0.5) is 17.1 Å². The summed E-state index contributed by atoms with van der Waals surface area (Å²) in [6, 6.07) is 9.00. The zero-order chi connectivity index (χ0) is 15.1. The van der Waals surface area contributed by atoms with Crippen molar-refractivity contribution in [3.8, 4) is 0 Å². The SMILES string of the molecule is CCCNc1cccc(NCc2ccncc2)c1[N+](=O)[O-]. The molecule has 110 valence electrons. The van der Waals surface area contributed by atoms with E-state index in [4.69, 9.17) is 0 Å². The van der Waals surface area contributed by atoms with Gasteiger partial charge in [-0.2, -0.15) is 0 Å². The second kappa shape index (κ2) is 7.23. The van der Waals surface area contributed by atoms with Gasteiger partial charge in [0.1, 0.15) is 11.4 Å². The van der Waals surface area contributed by atoms with E-state index in [2.05, 4.69) is 15.6 Å². The Morgan fingerprint density at radius 2 is 1.81 bits per heavy atom. The third-order valence-corrected chi connectivity index (χ3v) is 3.02. The number of pyridine rings is 1. The smallest absolute Gasteiger partial charge is 0.315 e. The molecule has 0 amide bonds. The number of benzene rings is 1. The van der Waals surface area contributed by atoms with Gasteiger partial charge in [-0.3, -0.25) is 15.1 Å². The number of anilines is 2. The molecule has 0 saturated carbocycles. The highest BCUT2D eigenvalue weighted by Gasteiger charge is 2.19. The van der Waals surface area contributed by atoms with Crippen LogP contribution in [0.5, 0.6) is 0 Å². The summed E-state index contributed by atoms with van der Waals surface area (Å²) in [6.07, 6.45) is 4.31. The Labute approximate surface area is 123 Å². The second-order valence-corrected chi connectivity index (χ2v) is 4.59. The molecule has 2 N–H and O–H groups in total. The quantitative estimate of drug-likeness (QED) is 0.602. The van der Waals surface area contributed by atoms with Crippen LogP contribution >= 0.6 is 0 Å². The van der Waals surface area contributed by atoms with Crippen molar-refractivity contribution in [2.45, 2.75) is 19.9 Å². The molecule has 0 aliphatic rings. The summed E-state index contributed by atoms with van der Waals surface area (Å²) >= 11 is 0. The molecular weight excluding hydrogens is 268 g/mol. The lowest BCUT2D eigenvalue weighted by molar-refractivity contribution is -0.383. The predicted molar refractivity (Wildman–Crippen MR) is 83.4 cm³/mol. The number of aromatic nitrogens is 1. The number of nitro benzene ring substituents is 1. The lowest BCUT2D eigenvalue weighted by atomic mass is 10.2. The summed E-state index contributed by atoms with van der Waals surface area (Å²) in [6.45, 7) is 3.24. The van der Waals surface area contributed by atoms with Crippen LogP contribution in [0.2, 0.25) is 0 Å². The molecule has 1 aromatic carbocycles. The van der Waals surface area contributed by atoms with Crippen LogP contribution in [0.3, 0.4) is 0 Å². The summed E-state index contributed by atoms with van der Waals surface area (Å²) in [5, 5.41) is 17.5. The molecule has 0 spiro atoms. The standard InChI is InChI=1S/C15H18N4O2/c1-2-8-17-13-4-3-5-14(15(13)19(20)21)18-11-12-6-9-16-10-7-12/h3-7,9-10,17-18H,2,8,11H2,1H3. The first kappa shape index (κ1) is 14.8. The Bertz CT molecular complexity index is 602. The topological polar surface area (TPSA) is 80.1 Å². The molecule has 2 rings (SSSR count). The Morgan fingerprint density at radius 1 is 1.14 bits per heavy atom. The van der Waals surface area contributed by atoms with Crippen LogP contribution in [0.1, 0.15) is 18.9 Å². The van der Waals surface area contributed by atoms with Crippen LogP contribution in [0, 0.1) is 10.1 Å². The molecule has 1 aromatic heterocycles. The molecular formula is C15H18N4O2. The molecule has 1 heterocycles. The normalized spacial score (nSPS) is 10.1. The minimum Gasteiger partial charge on any atom is -0.379 e. The number of rotatable bonds is 7. The zero-order valence-electron chi connectivity index (χ0n) is 11.9. The summed E-state index contributed by atoms with van der Waals surface area (Å²) < 4.78 is 0. The van der Waals surface area contributed by atoms with Gasteiger partial charge in [-0.1, -0.05) is 13.0 Å². The van der Waals surface area contributed by atoms with Crippen molar-refractivity contribution >= 4 is 17.1 Å². The molecule has 21 heavy (non-hydrogen) atoms. The average Bonchev–Trinajstić information content (AvgIpc) is 2.51. The van der Waals surface area contributed by atoms with E-state index in [1.165, 1.54) is 0 Å². The Morgan fingerprint density at radius 3 is 2.43 bits per heavy atom. The molecule has 0 unspecified atom stereocenters. The van der Waals surface area contributed by atoms with E-state index >= 15 is 0 Å². The van der Waals surface area contributed by atoms with Crippen molar-refractivity contribution in [2.24, 2.45) is 0 Å². The van der Waals surface area contributed by atoms with Crippen LogP contribution in [0.15, 0.2) is 42.7 Å². The van der Waals surface area contributed by atoms with E-state index in [9.17, 15) is 10.1 Å². The van der Waals surface area contributed by atoms with Crippen LogP contribution < -0.4 is 10.6 Å². The highest BCUT2D eigenvalue weighted by Crippen LogP contribution is 2.33. The molecule has 0 aliphatic carbocycles. The first-order chi connectivity index (χ1) is 10.2. The number of nitrogens with zero attached hydrogens (tertiary/aromatic N) is 2. The fraction of sp³-hybridized carbons (Fsp3) is 0.267. The van der Waals surface area contributed by atoms with Crippen LogP contribution in [-0.4, -0.2) is 16.5 Å². The Hall–Kier alpha value is -2.63. The van der Waals surface area contributed by atoms with Gasteiger partial charge in [-0.15, -0.1) is 0 Å². The molecule has 6 nitrogen and oxygen atoms in total. The van der Waals surface area contributed by atoms with Crippen molar-refractivity contribution < 1.29 is 4.92 Å². The molecule has 0 aliphatic heterocycles. The van der Waals surface area contributed by atoms with Crippen LogP contribution in [0.25, 0.3) is 0 Å². The van der Waals surface area contributed by atoms with Gasteiger partial charge < -0.3 is 10.6 Å². The van der Waals surface area contributed by atoms with Gasteiger partial charge in [0.15, 0.2) is 0 Å². The van der Waals surface area contributed by atoms with Crippen LogP contribution in [-0.2, 0) is 6.54 Å². The summed E-state index contributed by atoms with van der Waals surface area (Å²) in [7, 11) is 0. The summed E-state index contributed by atoms with van der Waals surface area (Å²) in [5.74, 6) is 0. The molecule has 0 atom stereocenters. The molecule has 2 aromatic rings. The number of hydrogen-bond acceptors (Lipinski definition) is 5. The molecule has 0 radical (unpaired) electrons. The highest BCUT2D eigenvalue weighted by atomic mass is 16.6. The summed E-state index contributed by atoms with van der Waals surface area (Å²) in [5.41, 5.74) is 2.16. The van der Waals surface area contributed by atoms with Gasteiger partial charge in [-0.05, 0) is 36.2 Å². The van der Waals surface area contributed by atoms with Gasteiger partial charge in [0.05, 0.1) is 4.92 Å². The minimum absolute atomic E-state index is 0.0833. The first-order valence-electron chi connectivity index (χ1n) is 6.86. The average molecular weight is 286 g/mol. The first-order valence-corrected chi connectivity index (χ1v) is 6.86. The molecule has 0 saturated heterocycles. The van der Waals surface area contributed by atoms with E-state index in [1.807, 2.05) is 19.1 Å². The monoisotopic (exact) mass is 286 g/mol. The predicted octanol–water partition coefficient (Wildman–Crippen LogP) is 3.42. The van der Waals surface area contributed by atoms with Crippen molar-refractivity contribution in [1.29, 1.82) is 0 Å². The molecule has 0 bridgehead atoms. The number of para-hydroxylation sites is 1. The third kappa shape index (κ3) is 3.92. The van der Waals surface area contributed by atoms with E-state index in [-0.39, 0.29) is 10.6 Å². The third-order valence-electron chi connectivity index (χ3n) is 3.02. The number of nitrogens with one attached hydrogen (secondary N) is 2. The van der Waals surface area contributed by atoms with Gasteiger partial charge in [0.25, 0.3) is 0 Å². The van der Waals surface area contributed by atoms with E-state index < -0.39 is 0 Å². The number of nitro groups is 1. The van der Waals surface area contributed by atoms with Crippen molar-refractivity contribution in [2.75, 3.05) is 17.2 Å². The highest BCUT2D eigenvalue weighted by molar-refractivity contribution is 5.76. The van der Waals surface area contributed by atoms with E-state index in [0.29, 0.717) is 24.5 Å². The minimum atomic E-state index is -0.354. The van der Waals surface area contributed by atoms with Gasteiger partial charge >= 0.3 is 5.69 Å². The largest absolute Gasteiger partial charge is 0.379 e. The van der Waals surface area contributed by atoms with Crippen molar-refractivity contribution in [1.82, 2.24) is 4.98 Å².